The summed E-state index contributed by atoms with van der Waals surface area (Å²) in [4.78, 5) is 119. The van der Waals surface area contributed by atoms with Crippen LogP contribution >= 0.6 is 0 Å². The van der Waals surface area contributed by atoms with Crippen molar-refractivity contribution in [3.05, 3.63) is 108 Å². The first kappa shape index (κ1) is 79.6. The van der Waals surface area contributed by atoms with Crippen molar-refractivity contribution < 1.29 is 71.7 Å². The zero-order chi connectivity index (χ0) is 60.0. The van der Waals surface area contributed by atoms with Crippen LogP contribution in [0.25, 0.3) is 0 Å². The van der Waals surface area contributed by atoms with Gasteiger partial charge in [-0.3, -0.25) is 43.3 Å². The van der Waals surface area contributed by atoms with Gasteiger partial charge in [-0.15, -0.1) is 0 Å². The summed E-state index contributed by atoms with van der Waals surface area (Å²) in [7, 11) is 6.99. The number of methoxy groups -OCH3 is 3. The number of carbonyl (C=O) groups excluding carboxylic acids is 11. The molecule has 0 radical (unpaired) electrons. The quantitative estimate of drug-likeness (QED) is 0.0546. The Kier molecular flexibility index (Phi) is 57.6. The molecule has 0 heterocycles. The predicted molar refractivity (Wildman–Crippen MR) is 293 cm³/mol. The van der Waals surface area contributed by atoms with Crippen LogP contribution < -0.4 is 27.0 Å². The summed E-state index contributed by atoms with van der Waals surface area (Å²) < 4.78 is 17.9. The lowest BCUT2D eigenvalue weighted by atomic mass is 10.1. The van der Waals surface area contributed by atoms with Crippen LogP contribution in [-0.2, 0) is 90.9 Å². The number of esters is 5. The molecule has 0 aliphatic heterocycles. The highest BCUT2D eigenvalue weighted by molar-refractivity contribution is 5.92. The molecule has 3 atom stereocenters. The number of hydrogen-bond donors (Lipinski definition) is 5. The minimum absolute atomic E-state index is 0.161. The SMILES string of the molecule is CC.CC.CC(=O)OC(C)=O.CCCCN(C(C)=O)C(C)=O.CN.CNC=O.COC(=O)C(Cc1ccccc1)NC(C)=O.COC(=O)C(Cc1ccccc1)NC(C)=O.COC(=O)C(Cc1ccccc1)NC(C)=O. The molecule has 0 spiro atoms. The predicted octanol–water partition coefficient (Wildman–Crippen LogP) is 4.99. The van der Waals surface area contributed by atoms with Crippen molar-refractivity contribution in [2.45, 2.75) is 133 Å². The monoisotopic (exact) mass is 1070 g/mol. The van der Waals surface area contributed by atoms with Gasteiger partial charge in [-0.1, -0.05) is 132 Å². The molecule has 21 heteroatoms. The van der Waals surface area contributed by atoms with Crippen LogP contribution in [0.3, 0.4) is 0 Å². The van der Waals surface area contributed by atoms with E-state index in [2.05, 4.69) is 45.9 Å². The molecule has 428 valence electrons. The molecule has 0 fully saturated rings. The third-order valence-corrected chi connectivity index (χ3v) is 8.34. The number of carbonyl (C=O) groups is 11. The highest BCUT2D eigenvalue weighted by atomic mass is 16.6. The maximum Gasteiger partial charge on any atom is 0.328 e. The van der Waals surface area contributed by atoms with E-state index in [1.54, 1.807) is 7.05 Å². The molecule has 3 rings (SSSR count). The fourth-order valence-corrected chi connectivity index (χ4v) is 5.35. The first-order valence-corrected chi connectivity index (χ1v) is 24.4. The van der Waals surface area contributed by atoms with E-state index in [1.807, 2.05) is 126 Å². The number of hydrogen-bond acceptors (Lipinski definition) is 16. The molecule has 0 aliphatic rings. The number of ether oxygens (including phenoxy) is 4. The van der Waals surface area contributed by atoms with Crippen LogP contribution in [0.15, 0.2) is 91.0 Å². The van der Waals surface area contributed by atoms with Crippen molar-refractivity contribution in [3.8, 4) is 0 Å². The first-order valence-electron chi connectivity index (χ1n) is 24.4. The number of rotatable bonds is 16. The van der Waals surface area contributed by atoms with Crippen LogP contribution in [0.2, 0.25) is 0 Å². The Bertz CT molecular complexity index is 1840. The standard InChI is InChI=1S/3C12H15NO3.C8H15NO2.C4H6O3.C2H5NO.2C2H6.CH5N/c3*1-9(14)13-11(12(15)16-2)8-10-6-4-3-5-7-10;1-4-5-6-9(7(2)10)8(3)11;1-3(5)7-4(2)6;1-3-2-4;3*1-2/h3*3-7,11H,8H2,1-2H3,(H,13,14);4-6H2,1-3H3;1-2H3;2H,1H3,(H,3,4);2*1-2H3;2H2,1H3. The van der Waals surface area contributed by atoms with E-state index in [-0.39, 0.29) is 29.5 Å². The molecule has 3 unspecified atom stereocenters. The lowest BCUT2D eigenvalue weighted by Gasteiger charge is -2.15. The second kappa shape index (κ2) is 55.0. The number of amides is 6. The number of nitrogens with zero attached hydrogens (tertiary/aromatic N) is 1. The molecular weight excluding hydrogens is 985 g/mol. The molecule has 0 aliphatic carbocycles. The van der Waals surface area contributed by atoms with Gasteiger partial charge in [-0.05, 0) is 30.2 Å². The summed E-state index contributed by atoms with van der Waals surface area (Å²) in [5, 5.41) is 9.95. The summed E-state index contributed by atoms with van der Waals surface area (Å²) in [5.41, 5.74) is 7.44. The topological polar surface area (TPSA) is 302 Å². The van der Waals surface area contributed by atoms with Gasteiger partial charge in [-0.25, -0.2) is 14.4 Å². The Labute approximate surface area is 451 Å². The summed E-state index contributed by atoms with van der Waals surface area (Å²) in [5.74, 6) is -3.47. The van der Waals surface area contributed by atoms with E-state index >= 15 is 0 Å². The molecule has 6 N–H and O–H groups in total. The van der Waals surface area contributed by atoms with Crippen LogP contribution in [-0.4, -0.2) is 131 Å². The fourth-order valence-electron chi connectivity index (χ4n) is 5.35. The molecule has 6 amide bonds. The van der Waals surface area contributed by atoms with Gasteiger partial charge in [0.25, 0.3) is 0 Å². The van der Waals surface area contributed by atoms with Crippen molar-refractivity contribution in [2.24, 2.45) is 5.73 Å². The Hall–Kier alpha value is -7.81. The lowest BCUT2D eigenvalue weighted by molar-refractivity contribution is -0.156. The number of nitrogens with one attached hydrogen (secondary N) is 4. The normalized spacial score (nSPS) is 9.92. The highest BCUT2D eigenvalue weighted by Gasteiger charge is 2.22. The maximum atomic E-state index is 11.4. The smallest absolute Gasteiger partial charge is 0.328 e. The van der Waals surface area contributed by atoms with Gasteiger partial charge in [0.05, 0.1) is 21.3 Å². The van der Waals surface area contributed by atoms with Gasteiger partial charge in [0, 0.05) is 81.3 Å². The largest absolute Gasteiger partial charge is 0.467 e. The number of unbranched alkanes of at least 4 members (excludes halogenated alkanes) is 1. The molecule has 76 heavy (non-hydrogen) atoms. The second-order valence-electron chi connectivity index (χ2n) is 14.4. The number of nitrogens with two attached hydrogens (primary N) is 1. The van der Waals surface area contributed by atoms with E-state index in [1.165, 1.54) is 81.7 Å². The van der Waals surface area contributed by atoms with Crippen LogP contribution in [0, 0.1) is 0 Å². The van der Waals surface area contributed by atoms with Crippen LogP contribution in [0.5, 0.6) is 0 Å². The van der Waals surface area contributed by atoms with E-state index in [0.717, 1.165) is 29.5 Å². The van der Waals surface area contributed by atoms with Crippen molar-refractivity contribution >= 4 is 65.8 Å². The summed E-state index contributed by atoms with van der Waals surface area (Å²) >= 11 is 0. The highest BCUT2D eigenvalue weighted by Crippen LogP contribution is 2.07. The summed E-state index contributed by atoms with van der Waals surface area (Å²) in [6, 6.07) is 26.6. The van der Waals surface area contributed by atoms with Gasteiger partial charge in [0.1, 0.15) is 18.1 Å². The third-order valence-electron chi connectivity index (χ3n) is 8.34. The molecule has 0 saturated heterocycles. The van der Waals surface area contributed by atoms with Crippen molar-refractivity contribution in [1.82, 2.24) is 26.2 Å². The van der Waals surface area contributed by atoms with Crippen LogP contribution in [0.1, 0.15) is 113 Å². The molecule has 3 aromatic rings. The fraction of sp³-hybridized carbons (Fsp3) is 0.473. The molecule has 0 aromatic heterocycles. The third kappa shape index (κ3) is 49.8. The van der Waals surface area contributed by atoms with E-state index < -0.39 is 48.0 Å². The molecule has 0 bridgehead atoms. The Balaban J connectivity index is -0.000000197. The van der Waals surface area contributed by atoms with E-state index in [0.29, 0.717) is 32.2 Å². The molecular formula is C55H88N6O15. The minimum Gasteiger partial charge on any atom is -0.467 e. The zero-order valence-corrected chi connectivity index (χ0v) is 47.9. The lowest BCUT2D eigenvalue weighted by Crippen LogP contribution is -2.41. The second-order valence-corrected chi connectivity index (χ2v) is 14.4. The van der Waals surface area contributed by atoms with Gasteiger partial charge in [-0.2, -0.15) is 0 Å². The summed E-state index contributed by atoms with van der Waals surface area (Å²) in [6.07, 6.45) is 3.82. The van der Waals surface area contributed by atoms with Gasteiger partial charge < -0.3 is 45.9 Å². The maximum absolute atomic E-state index is 11.4. The van der Waals surface area contributed by atoms with Crippen LogP contribution in [0.4, 0.5) is 0 Å². The van der Waals surface area contributed by atoms with Crippen molar-refractivity contribution in [2.75, 3.05) is 42.0 Å². The first-order chi connectivity index (χ1) is 36.0. The zero-order valence-electron chi connectivity index (χ0n) is 47.9. The van der Waals surface area contributed by atoms with E-state index in [4.69, 9.17) is 4.79 Å². The van der Waals surface area contributed by atoms with Gasteiger partial charge >= 0.3 is 29.8 Å². The van der Waals surface area contributed by atoms with E-state index in [9.17, 15) is 47.9 Å². The Morgan fingerprint density at radius 3 is 0.882 bits per heavy atom. The molecule has 0 saturated carbocycles. The Morgan fingerprint density at radius 1 is 0.500 bits per heavy atom. The number of benzene rings is 3. The molecule has 3 aromatic carbocycles. The minimum atomic E-state index is -0.620. The summed E-state index contributed by atoms with van der Waals surface area (Å²) in [6.45, 7) is 19.9. The van der Waals surface area contributed by atoms with Gasteiger partial charge in [0.15, 0.2) is 0 Å². The molecule has 21 nitrogen and oxygen atoms in total. The average molecular weight is 1070 g/mol. The van der Waals surface area contributed by atoms with Crippen molar-refractivity contribution in [1.29, 1.82) is 0 Å². The number of imide groups is 1. The van der Waals surface area contributed by atoms with Crippen molar-refractivity contribution in [3.63, 3.8) is 0 Å². The Morgan fingerprint density at radius 2 is 0.737 bits per heavy atom. The van der Waals surface area contributed by atoms with Gasteiger partial charge in [0.2, 0.25) is 35.9 Å². The average Bonchev–Trinajstić information content (AvgIpc) is 3.40.